The van der Waals surface area contributed by atoms with Crippen molar-refractivity contribution >= 4 is 40.0 Å². The lowest BCUT2D eigenvalue weighted by atomic mass is 9.97. The summed E-state index contributed by atoms with van der Waals surface area (Å²) >= 11 is 2.56. The lowest BCUT2D eigenvalue weighted by molar-refractivity contribution is -0.113. The van der Waals surface area contributed by atoms with E-state index in [0.29, 0.717) is 21.5 Å². The first-order chi connectivity index (χ1) is 18.6. The summed E-state index contributed by atoms with van der Waals surface area (Å²) in [5.41, 5.74) is 6.38. The highest BCUT2D eigenvalue weighted by Crippen LogP contribution is 2.38. The molecule has 0 saturated carbocycles. The van der Waals surface area contributed by atoms with Crippen LogP contribution in [-0.4, -0.2) is 39.5 Å². The minimum atomic E-state index is -0.495. The Morgan fingerprint density at radius 1 is 1.08 bits per heavy atom. The second kappa shape index (κ2) is 12.0. The van der Waals surface area contributed by atoms with Gasteiger partial charge < -0.3 is 19.4 Å². The molecule has 1 unspecified atom stereocenters. The van der Waals surface area contributed by atoms with Crippen LogP contribution in [-0.2, 0) is 16.6 Å². The zero-order valence-electron chi connectivity index (χ0n) is 23.1. The number of thioether (sulfide) groups is 1. The van der Waals surface area contributed by atoms with E-state index in [1.807, 2.05) is 88.0 Å². The van der Waals surface area contributed by atoms with E-state index in [-0.39, 0.29) is 17.8 Å². The highest BCUT2D eigenvalue weighted by atomic mass is 32.2. The van der Waals surface area contributed by atoms with Crippen LogP contribution >= 0.6 is 23.1 Å². The van der Waals surface area contributed by atoms with Gasteiger partial charge in [-0.3, -0.25) is 4.79 Å². The summed E-state index contributed by atoms with van der Waals surface area (Å²) in [7, 11) is 3.19. The van der Waals surface area contributed by atoms with Crippen molar-refractivity contribution in [3.63, 3.8) is 0 Å². The zero-order chi connectivity index (χ0) is 28.3. The molecule has 10 heteroatoms. The second-order valence-corrected chi connectivity index (χ2v) is 11.2. The fourth-order valence-corrected chi connectivity index (χ4v) is 5.86. The number of nitrogens with zero attached hydrogens (tertiary/aromatic N) is 3. The number of ether oxygens (including phenoxy) is 2. The maximum atomic E-state index is 12.9. The highest BCUT2D eigenvalue weighted by Gasteiger charge is 2.24. The molecule has 0 bridgehead atoms. The number of rotatable bonds is 9. The minimum absolute atomic E-state index is 0.0928. The van der Waals surface area contributed by atoms with Crippen molar-refractivity contribution in [1.82, 2.24) is 14.8 Å². The smallest absolute Gasteiger partial charge is 0.341 e. The largest absolute Gasteiger partial charge is 0.482 e. The molecule has 8 nitrogen and oxygen atoms in total. The van der Waals surface area contributed by atoms with Gasteiger partial charge in [-0.25, -0.2) is 4.79 Å². The number of benzene rings is 2. The van der Waals surface area contributed by atoms with Crippen molar-refractivity contribution in [3.05, 3.63) is 75.4 Å². The van der Waals surface area contributed by atoms with E-state index in [2.05, 4.69) is 15.5 Å². The number of hydrogen-bond donors (Lipinski definition) is 1. The van der Waals surface area contributed by atoms with Gasteiger partial charge in [0.2, 0.25) is 5.91 Å². The molecule has 39 heavy (non-hydrogen) atoms. The van der Waals surface area contributed by atoms with Crippen molar-refractivity contribution in [3.8, 4) is 16.9 Å². The summed E-state index contributed by atoms with van der Waals surface area (Å²) in [5, 5.41) is 14.4. The fraction of sp³-hybridized carbons (Fsp3) is 0.310. The lowest BCUT2D eigenvalue weighted by Crippen LogP contribution is -2.16. The highest BCUT2D eigenvalue weighted by molar-refractivity contribution is 7.99. The molecule has 0 fully saturated rings. The Kier molecular flexibility index (Phi) is 8.76. The predicted molar refractivity (Wildman–Crippen MR) is 156 cm³/mol. The third-order valence-electron chi connectivity index (χ3n) is 6.54. The van der Waals surface area contributed by atoms with Gasteiger partial charge in [-0.1, -0.05) is 47.7 Å². The van der Waals surface area contributed by atoms with Gasteiger partial charge in [0, 0.05) is 18.0 Å². The van der Waals surface area contributed by atoms with E-state index >= 15 is 0 Å². The summed E-state index contributed by atoms with van der Waals surface area (Å²) in [6.45, 7) is 9.99. The normalized spacial score (nSPS) is 11.8. The lowest BCUT2D eigenvalue weighted by Gasteiger charge is -2.16. The number of carbonyl (C=O) groups is 2. The molecular weight excluding hydrogens is 532 g/mol. The van der Waals surface area contributed by atoms with Crippen LogP contribution in [0.3, 0.4) is 0 Å². The summed E-state index contributed by atoms with van der Waals surface area (Å²) in [5.74, 6) is 0.796. The van der Waals surface area contributed by atoms with Gasteiger partial charge in [0.15, 0.2) is 17.1 Å². The van der Waals surface area contributed by atoms with Crippen molar-refractivity contribution in [2.45, 2.75) is 45.9 Å². The van der Waals surface area contributed by atoms with Crippen LogP contribution in [0.1, 0.15) is 51.5 Å². The molecule has 4 aromatic rings. The van der Waals surface area contributed by atoms with Crippen LogP contribution in [0.2, 0.25) is 0 Å². The third-order valence-corrected chi connectivity index (χ3v) is 8.46. The average Bonchev–Trinajstić information content (AvgIpc) is 3.49. The van der Waals surface area contributed by atoms with Crippen molar-refractivity contribution in [2.75, 3.05) is 18.2 Å². The first-order valence-corrected chi connectivity index (χ1v) is 14.3. The number of aromatic nitrogens is 3. The van der Waals surface area contributed by atoms with Gasteiger partial charge in [-0.15, -0.1) is 21.5 Å². The number of thiophene rings is 1. The maximum absolute atomic E-state index is 12.9. The van der Waals surface area contributed by atoms with Crippen LogP contribution in [0.25, 0.3) is 11.1 Å². The average molecular weight is 565 g/mol. The number of methoxy groups -OCH3 is 1. The molecule has 0 aliphatic heterocycles. The summed E-state index contributed by atoms with van der Waals surface area (Å²) in [6, 6.07) is 12.0. The molecule has 0 radical (unpaired) electrons. The summed E-state index contributed by atoms with van der Waals surface area (Å²) in [4.78, 5) is 25.6. The Balaban J connectivity index is 1.46. The van der Waals surface area contributed by atoms with Gasteiger partial charge in [-0.2, -0.15) is 0 Å². The Labute approximate surface area is 236 Å². The topological polar surface area (TPSA) is 95.3 Å². The minimum Gasteiger partial charge on any atom is -0.482 e. The van der Waals surface area contributed by atoms with Crippen molar-refractivity contribution in [1.29, 1.82) is 0 Å². The van der Waals surface area contributed by atoms with E-state index in [4.69, 9.17) is 9.47 Å². The van der Waals surface area contributed by atoms with Crippen LogP contribution < -0.4 is 10.1 Å². The molecule has 2 aromatic heterocycles. The van der Waals surface area contributed by atoms with Gasteiger partial charge in [0.25, 0.3) is 0 Å². The molecular formula is C29H32N4O4S2. The number of anilines is 1. The number of amides is 1. The van der Waals surface area contributed by atoms with E-state index in [1.54, 1.807) is 0 Å². The van der Waals surface area contributed by atoms with Gasteiger partial charge in [0.1, 0.15) is 16.3 Å². The van der Waals surface area contributed by atoms with Gasteiger partial charge in [0.05, 0.1) is 12.9 Å². The number of nitrogens with one attached hydrogen (secondary N) is 1. The molecule has 4 rings (SSSR count). The van der Waals surface area contributed by atoms with Crippen LogP contribution in [0.5, 0.6) is 5.75 Å². The Hall–Kier alpha value is -3.63. The Morgan fingerprint density at radius 2 is 1.85 bits per heavy atom. The van der Waals surface area contributed by atoms with Gasteiger partial charge in [-0.05, 0) is 62.9 Å². The number of aryl methyl sites for hydroxylation is 3. The molecule has 0 aliphatic rings. The summed E-state index contributed by atoms with van der Waals surface area (Å²) in [6.07, 6.45) is -0.330. The third kappa shape index (κ3) is 6.17. The van der Waals surface area contributed by atoms with E-state index in [9.17, 15) is 9.59 Å². The molecule has 2 heterocycles. The molecule has 1 N–H and O–H groups in total. The molecule has 0 spiro atoms. The molecule has 1 atom stereocenters. The van der Waals surface area contributed by atoms with E-state index in [0.717, 1.165) is 39.1 Å². The summed E-state index contributed by atoms with van der Waals surface area (Å²) < 4.78 is 13.0. The number of hydrogen-bond acceptors (Lipinski definition) is 8. The monoisotopic (exact) mass is 564 g/mol. The molecule has 0 saturated heterocycles. The first-order valence-electron chi connectivity index (χ1n) is 12.4. The number of carbonyl (C=O) groups excluding carboxylic acids is 2. The van der Waals surface area contributed by atoms with E-state index < -0.39 is 5.97 Å². The quantitative estimate of drug-likeness (QED) is 0.185. The standard InChI is InChI=1S/C29H32N4O4S2/c1-16-11-12-18(3)21(13-16)22-14-38-27(25(22)28(35)36-7)30-24(34)15-39-29-32-31-26(33(29)6)20(5)37-23-10-8-9-17(2)19(23)4/h8-14,20H,15H2,1-7H3,(H,30,34). The molecule has 0 aliphatic carbocycles. The first kappa shape index (κ1) is 28.4. The predicted octanol–water partition coefficient (Wildman–Crippen LogP) is 6.43. The maximum Gasteiger partial charge on any atom is 0.341 e. The van der Waals surface area contributed by atoms with Crippen LogP contribution in [0.15, 0.2) is 46.9 Å². The van der Waals surface area contributed by atoms with Gasteiger partial charge >= 0.3 is 5.97 Å². The number of esters is 1. The Bertz CT molecular complexity index is 1530. The van der Waals surface area contributed by atoms with E-state index in [1.165, 1.54) is 30.2 Å². The fourth-order valence-electron chi connectivity index (χ4n) is 4.17. The van der Waals surface area contributed by atoms with Crippen molar-refractivity contribution in [2.24, 2.45) is 7.05 Å². The molecule has 2 aromatic carbocycles. The molecule has 204 valence electrons. The van der Waals surface area contributed by atoms with Crippen molar-refractivity contribution < 1.29 is 19.1 Å². The van der Waals surface area contributed by atoms with Crippen LogP contribution in [0, 0.1) is 27.7 Å². The SMILES string of the molecule is COC(=O)c1c(-c2cc(C)ccc2C)csc1NC(=O)CSc1nnc(C(C)Oc2cccc(C)c2C)n1C. The molecule has 1 amide bonds. The Morgan fingerprint density at radius 3 is 2.59 bits per heavy atom. The second-order valence-electron chi connectivity index (χ2n) is 9.36. The zero-order valence-corrected chi connectivity index (χ0v) is 24.8. The van der Waals surface area contributed by atoms with Crippen LogP contribution in [0.4, 0.5) is 5.00 Å².